The molecule has 3 nitrogen and oxygen atoms in total. The van der Waals surface area contributed by atoms with Crippen LogP contribution in [0.15, 0.2) is 35.3 Å². The highest BCUT2D eigenvalue weighted by Gasteiger charge is 2.04. The second-order valence-electron chi connectivity index (χ2n) is 3.85. The number of rotatable bonds is 9. The van der Waals surface area contributed by atoms with Crippen LogP contribution in [-0.2, 0) is 11.3 Å². The zero-order valence-electron chi connectivity index (χ0n) is 10.7. The molecule has 0 atom stereocenters. The Bertz CT molecular complexity index is 369. The Morgan fingerprint density at radius 3 is 2.94 bits per heavy atom. The summed E-state index contributed by atoms with van der Waals surface area (Å²) < 4.78 is 11.8. The molecule has 0 radical (unpaired) electrons. The van der Waals surface area contributed by atoms with Gasteiger partial charge in [-0.2, -0.15) is 0 Å². The van der Waals surface area contributed by atoms with Gasteiger partial charge < -0.3 is 14.8 Å². The van der Waals surface area contributed by atoms with Crippen molar-refractivity contribution in [2.75, 3.05) is 26.9 Å². The van der Waals surface area contributed by atoms with Gasteiger partial charge in [-0.15, -0.1) is 6.58 Å². The number of ether oxygens (including phenoxy) is 2. The van der Waals surface area contributed by atoms with Gasteiger partial charge in [0.05, 0.1) is 13.2 Å². The number of benzene rings is 1. The second-order valence-corrected chi connectivity index (χ2v) is 4.76. The van der Waals surface area contributed by atoms with Crippen LogP contribution in [0.2, 0.25) is 0 Å². The first-order chi connectivity index (χ1) is 8.77. The fourth-order valence-electron chi connectivity index (χ4n) is 1.48. The van der Waals surface area contributed by atoms with Gasteiger partial charge in [0.25, 0.3) is 0 Å². The molecule has 0 fully saturated rings. The SMILES string of the molecule is C=CCCOc1ccc(Br)cc1CNCCOC. The fraction of sp³-hybridized carbons (Fsp3) is 0.429. The lowest BCUT2D eigenvalue weighted by Crippen LogP contribution is -2.19. The second kappa shape index (κ2) is 9.14. The first-order valence-corrected chi connectivity index (χ1v) is 6.79. The number of methoxy groups -OCH3 is 1. The van der Waals surface area contributed by atoms with E-state index in [-0.39, 0.29) is 0 Å². The molecule has 0 saturated carbocycles. The third kappa shape index (κ3) is 5.67. The molecular formula is C14H20BrNO2. The van der Waals surface area contributed by atoms with Crippen LogP contribution in [0.3, 0.4) is 0 Å². The summed E-state index contributed by atoms with van der Waals surface area (Å²) in [6, 6.07) is 6.05. The lowest BCUT2D eigenvalue weighted by Gasteiger charge is -2.12. The first-order valence-electron chi connectivity index (χ1n) is 5.99. The van der Waals surface area contributed by atoms with Gasteiger partial charge in [0.15, 0.2) is 0 Å². The minimum absolute atomic E-state index is 0.663. The molecule has 100 valence electrons. The predicted octanol–water partition coefficient (Wildman–Crippen LogP) is 3.14. The van der Waals surface area contributed by atoms with E-state index >= 15 is 0 Å². The summed E-state index contributed by atoms with van der Waals surface area (Å²) in [4.78, 5) is 0. The molecule has 0 unspecified atom stereocenters. The molecule has 1 aromatic rings. The Hall–Kier alpha value is -0.840. The fourth-order valence-corrected chi connectivity index (χ4v) is 1.88. The summed E-state index contributed by atoms with van der Waals surface area (Å²) in [6.07, 6.45) is 2.71. The molecule has 4 heteroatoms. The van der Waals surface area contributed by atoms with Crippen LogP contribution in [0.1, 0.15) is 12.0 Å². The van der Waals surface area contributed by atoms with Crippen LogP contribution in [0.25, 0.3) is 0 Å². The van der Waals surface area contributed by atoms with E-state index < -0.39 is 0 Å². The molecule has 0 heterocycles. The third-order valence-electron chi connectivity index (χ3n) is 2.40. The van der Waals surface area contributed by atoms with Crippen molar-refractivity contribution < 1.29 is 9.47 Å². The van der Waals surface area contributed by atoms with Crippen LogP contribution in [0.4, 0.5) is 0 Å². The summed E-state index contributed by atoms with van der Waals surface area (Å²) in [5.41, 5.74) is 1.14. The van der Waals surface area contributed by atoms with Crippen molar-refractivity contribution in [3.8, 4) is 5.75 Å². The predicted molar refractivity (Wildman–Crippen MR) is 78.0 cm³/mol. The molecule has 0 aliphatic rings. The molecule has 1 rings (SSSR count). The van der Waals surface area contributed by atoms with Crippen molar-refractivity contribution in [2.45, 2.75) is 13.0 Å². The van der Waals surface area contributed by atoms with Gasteiger partial charge in [0, 0.05) is 30.2 Å². The standard InChI is InChI=1S/C14H20BrNO2/c1-3-4-8-18-14-6-5-13(15)10-12(14)11-16-7-9-17-2/h3,5-6,10,16H,1,4,7-9,11H2,2H3. The molecule has 0 aliphatic carbocycles. The van der Waals surface area contributed by atoms with Gasteiger partial charge in [0.1, 0.15) is 5.75 Å². The molecule has 0 spiro atoms. The summed E-state index contributed by atoms with van der Waals surface area (Å²) in [6.45, 7) is 6.66. The minimum Gasteiger partial charge on any atom is -0.493 e. The highest BCUT2D eigenvalue weighted by molar-refractivity contribution is 9.10. The molecule has 0 aromatic heterocycles. The molecule has 1 N–H and O–H groups in total. The van der Waals surface area contributed by atoms with Crippen molar-refractivity contribution in [3.63, 3.8) is 0 Å². The molecule has 0 amide bonds. The Balaban J connectivity index is 2.55. The van der Waals surface area contributed by atoms with E-state index in [9.17, 15) is 0 Å². The van der Waals surface area contributed by atoms with E-state index in [4.69, 9.17) is 9.47 Å². The maximum absolute atomic E-state index is 5.73. The molecule has 1 aromatic carbocycles. The summed E-state index contributed by atoms with van der Waals surface area (Å²) in [5, 5.41) is 3.31. The van der Waals surface area contributed by atoms with E-state index in [1.54, 1.807) is 7.11 Å². The van der Waals surface area contributed by atoms with Gasteiger partial charge in [0.2, 0.25) is 0 Å². The van der Waals surface area contributed by atoms with E-state index in [1.807, 2.05) is 18.2 Å². The summed E-state index contributed by atoms with van der Waals surface area (Å²) >= 11 is 3.48. The zero-order chi connectivity index (χ0) is 13.2. The van der Waals surface area contributed by atoms with Crippen LogP contribution in [0.5, 0.6) is 5.75 Å². The van der Waals surface area contributed by atoms with Crippen LogP contribution in [0, 0.1) is 0 Å². The molecule has 0 saturated heterocycles. The number of hydrogen-bond acceptors (Lipinski definition) is 3. The summed E-state index contributed by atoms with van der Waals surface area (Å²) in [7, 11) is 1.70. The molecule has 0 aliphatic heterocycles. The van der Waals surface area contributed by atoms with E-state index in [0.717, 1.165) is 35.3 Å². The topological polar surface area (TPSA) is 30.5 Å². The molecule has 18 heavy (non-hydrogen) atoms. The van der Waals surface area contributed by atoms with Crippen molar-refractivity contribution in [1.29, 1.82) is 0 Å². The van der Waals surface area contributed by atoms with E-state index in [1.165, 1.54) is 0 Å². The first kappa shape index (κ1) is 15.2. The van der Waals surface area contributed by atoms with Crippen molar-refractivity contribution in [3.05, 3.63) is 40.9 Å². The van der Waals surface area contributed by atoms with Crippen molar-refractivity contribution in [2.24, 2.45) is 0 Å². The lowest BCUT2D eigenvalue weighted by atomic mass is 10.2. The van der Waals surface area contributed by atoms with Gasteiger partial charge in [-0.25, -0.2) is 0 Å². The smallest absolute Gasteiger partial charge is 0.123 e. The van der Waals surface area contributed by atoms with Crippen molar-refractivity contribution in [1.82, 2.24) is 5.32 Å². The van der Waals surface area contributed by atoms with Gasteiger partial charge >= 0.3 is 0 Å². The quantitative estimate of drug-likeness (QED) is 0.561. The Kier molecular flexibility index (Phi) is 7.73. The molecule has 0 bridgehead atoms. The minimum atomic E-state index is 0.663. The van der Waals surface area contributed by atoms with Crippen LogP contribution in [-0.4, -0.2) is 26.9 Å². The maximum Gasteiger partial charge on any atom is 0.123 e. The number of nitrogens with one attached hydrogen (secondary N) is 1. The largest absolute Gasteiger partial charge is 0.493 e. The number of halogens is 1. The Morgan fingerprint density at radius 1 is 1.39 bits per heavy atom. The highest BCUT2D eigenvalue weighted by Crippen LogP contribution is 2.23. The average Bonchev–Trinajstić information content (AvgIpc) is 2.37. The average molecular weight is 314 g/mol. The van der Waals surface area contributed by atoms with Gasteiger partial charge in [-0.3, -0.25) is 0 Å². The van der Waals surface area contributed by atoms with Crippen molar-refractivity contribution >= 4 is 15.9 Å². The zero-order valence-corrected chi connectivity index (χ0v) is 12.3. The lowest BCUT2D eigenvalue weighted by molar-refractivity contribution is 0.199. The normalized spacial score (nSPS) is 10.3. The molecular weight excluding hydrogens is 294 g/mol. The monoisotopic (exact) mass is 313 g/mol. The van der Waals surface area contributed by atoms with Crippen LogP contribution >= 0.6 is 15.9 Å². The van der Waals surface area contributed by atoms with E-state index in [0.29, 0.717) is 13.2 Å². The Morgan fingerprint density at radius 2 is 2.22 bits per heavy atom. The van der Waals surface area contributed by atoms with Crippen LogP contribution < -0.4 is 10.1 Å². The van der Waals surface area contributed by atoms with E-state index in [2.05, 4.69) is 33.9 Å². The summed E-state index contributed by atoms with van der Waals surface area (Å²) in [5.74, 6) is 0.921. The maximum atomic E-state index is 5.73. The number of hydrogen-bond donors (Lipinski definition) is 1. The highest BCUT2D eigenvalue weighted by atomic mass is 79.9. The van der Waals surface area contributed by atoms with Gasteiger partial charge in [-0.1, -0.05) is 22.0 Å². The third-order valence-corrected chi connectivity index (χ3v) is 2.89. The Labute approximate surface area is 117 Å². The van der Waals surface area contributed by atoms with Gasteiger partial charge in [-0.05, 0) is 24.6 Å².